The van der Waals surface area contributed by atoms with E-state index in [1.54, 1.807) is 11.0 Å². The van der Waals surface area contributed by atoms with Gasteiger partial charge >= 0.3 is 0 Å². The Bertz CT molecular complexity index is 467. The summed E-state index contributed by atoms with van der Waals surface area (Å²) in [6.45, 7) is 1.85. The maximum absolute atomic E-state index is 5.88. The predicted octanol–water partition coefficient (Wildman–Crippen LogP) is 2.99. The summed E-state index contributed by atoms with van der Waals surface area (Å²) in [4.78, 5) is 4.05. The van der Waals surface area contributed by atoms with Crippen LogP contribution in [0.15, 0.2) is 29.0 Å². The zero-order valence-electron chi connectivity index (χ0n) is 7.41. The van der Waals surface area contributed by atoms with Crippen molar-refractivity contribution in [2.75, 3.05) is 0 Å². The third kappa shape index (κ3) is 1.81. The second-order valence-corrected chi connectivity index (χ2v) is 4.10. The first-order chi connectivity index (χ1) is 6.66. The highest BCUT2D eigenvalue weighted by Crippen LogP contribution is 2.24. The monoisotopic (exact) mass is 271 g/mol. The number of aryl methyl sites for hydroxylation is 1. The number of nitrogens with zero attached hydrogens (tertiary/aromatic N) is 3. The lowest BCUT2D eigenvalue weighted by Crippen LogP contribution is -1.94. The molecule has 1 aromatic heterocycles. The number of hydrogen-bond donors (Lipinski definition) is 0. The normalized spacial score (nSPS) is 10.5. The molecule has 0 unspecified atom stereocenters. The average molecular weight is 273 g/mol. The highest BCUT2D eigenvalue weighted by molar-refractivity contribution is 9.10. The Balaban J connectivity index is 2.47. The van der Waals surface area contributed by atoms with Crippen LogP contribution in [0, 0.1) is 6.92 Å². The van der Waals surface area contributed by atoms with Crippen LogP contribution in [0.3, 0.4) is 0 Å². The molecule has 0 saturated carbocycles. The van der Waals surface area contributed by atoms with E-state index in [9.17, 15) is 0 Å². The molecule has 0 aliphatic heterocycles. The van der Waals surface area contributed by atoms with Gasteiger partial charge in [0.25, 0.3) is 0 Å². The summed E-state index contributed by atoms with van der Waals surface area (Å²) in [7, 11) is 0. The van der Waals surface area contributed by atoms with E-state index in [-0.39, 0.29) is 0 Å². The molecule has 5 heteroatoms. The van der Waals surface area contributed by atoms with Crippen molar-refractivity contribution in [3.8, 4) is 5.69 Å². The van der Waals surface area contributed by atoms with Crippen molar-refractivity contribution < 1.29 is 0 Å². The highest BCUT2D eigenvalue weighted by Gasteiger charge is 2.02. The zero-order chi connectivity index (χ0) is 10.1. The topological polar surface area (TPSA) is 30.7 Å². The molecular weight excluding hydrogens is 265 g/mol. The van der Waals surface area contributed by atoms with Crippen LogP contribution in [-0.2, 0) is 0 Å². The van der Waals surface area contributed by atoms with Gasteiger partial charge in [0, 0.05) is 4.47 Å². The van der Waals surface area contributed by atoms with E-state index >= 15 is 0 Å². The second kappa shape index (κ2) is 3.71. The van der Waals surface area contributed by atoms with Gasteiger partial charge in [-0.05, 0) is 41.1 Å². The SMILES string of the molecule is Cc1ncn(-c2ccc(Cl)c(Br)c2)n1. The lowest BCUT2D eigenvalue weighted by atomic mass is 10.3. The van der Waals surface area contributed by atoms with E-state index in [2.05, 4.69) is 26.0 Å². The fourth-order valence-electron chi connectivity index (χ4n) is 1.10. The average Bonchev–Trinajstić information content (AvgIpc) is 2.57. The number of hydrogen-bond acceptors (Lipinski definition) is 2. The van der Waals surface area contributed by atoms with Crippen LogP contribution in [0.25, 0.3) is 5.69 Å². The van der Waals surface area contributed by atoms with Crippen molar-refractivity contribution >= 4 is 27.5 Å². The van der Waals surface area contributed by atoms with Gasteiger partial charge < -0.3 is 0 Å². The molecule has 0 atom stereocenters. The number of halogens is 2. The molecule has 14 heavy (non-hydrogen) atoms. The maximum Gasteiger partial charge on any atom is 0.147 e. The summed E-state index contributed by atoms with van der Waals surface area (Å²) >= 11 is 9.24. The minimum Gasteiger partial charge on any atom is -0.221 e. The minimum absolute atomic E-state index is 0.686. The van der Waals surface area contributed by atoms with Gasteiger partial charge in [-0.25, -0.2) is 9.67 Å². The molecule has 1 aromatic carbocycles. The third-order valence-corrected chi connectivity index (χ3v) is 2.99. The Labute approximate surface area is 94.9 Å². The summed E-state index contributed by atoms with van der Waals surface area (Å²) in [5.74, 6) is 0.746. The molecule has 0 amide bonds. The molecular formula is C9H7BrClN3. The Morgan fingerprint density at radius 1 is 1.43 bits per heavy atom. The summed E-state index contributed by atoms with van der Waals surface area (Å²) in [6, 6.07) is 5.61. The van der Waals surface area contributed by atoms with Crippen molar-refractivity contribution in [3.05, 3.63) is 39.8 Å². The Hall–Kier alpha value is -0.870. The van der Waals surface area contributed by atoms with Crippen LogP contribution in [0.5, 0.6) is 0 Å². The van der Waals surface area contributed by atoms with E-state index < -0.39 is 0 Å². The Morgan fingerprint density at radius 3 is 2.79 bits per heavy atom. The van der Waals surface area contributed by atoms with Gasteiger partial charge in [-0.3, -0.25) is 0 Å². The molecule has 0 bridgehead atoms. The summed E-state index contributed by atoms with van der Waals surface area (Å²) in [5.41, 5.74) is 0.932. The van der Waals surface area contributed by atoms with Crippen molar-refractivity contribution in [1.29, 1.82) is 0 Å². The molecule has 0 aliphatic rings. The molecule has 0 radical (unpaired) electrons. The van der Waals surface area contributed by atoms with Gasteiger partial charge in [-0.2, -0.15) is 5.10 Å². The maximum atomic E-state index is 5.88. The lowest BCUT2D eigenvalue weighted by molar-refractivity contribution is 0.862. The minimum atomic E-state index is 0.686. The van der Waals surface area contributed by atoms with E-state index in [0.29, 0.717) is 5.02 Å². The van der Waals surface area contributed by atoms with Crippen LogP contribution in [0.4, 0.5) is 0 Å². The Morgan fingerprint density at radius 2 is 2.21 bits per heavy atom. The molecule has 72 valence electrons. The van der Waals surface area contributed by atoms with Crippen LogP contribution in [0.1, 0.15) is 5.82 Å². The molecule has 0 aliphatic carbocycles. The molecule has 2 rings (SSSR count). The molecule has 1 heterocycles. The number of benzene rings is 1. The first-order valence-corrected chi connectivity index (χ1v) is 5.17. The van der Waals surface area contributed by atoms with Gasteiger partial charge in [0.1, 0.15) is 12.2 Å². The standard InChI is InChI=1S/C9H7BrClN3/c1-6-12-5-14(13-6)7-2-3-9(11)8(10)4-7/h2-5H,1H3. The van der Waals surface area contributed by atoms with Gasteiger partial charge in [0.2, 0.25) is 0 Å². The van der Waals surface area contributed by atoms with Gasteiger partial charge in [-0.1, -0.05) is 11.6 Å². The lowest BCUT2D eigenvalue weighted by Gasteiger charge is -2.01. The summed E-state index contributed by atoms with van der Waals surface area (Å²) in [5, 5.41) is 4.88. The molecule has 3 nitrogen and oxygen atoms in total. The van der Waals surface area contributed by atoms with Gasteiger partial charge in [0.05, 0.1) is 10.7 Å². The van der Waals surface area contributed by atoms with Gasteiger partial charge in [0.15, 0.2) is 0 Å². The largest absolute Gasteiger partial charge is 0.221 e. The molecule has 0 N–H and O–H groups in total. The van der Waals surface area contributed by atoms with Crippen LogP contribution in [-0.4, -0.2) is 14.8 Å². The van der Waals surface area contributed by atoms with E-state index in [1.165, 1.54) is 0 Å². The predicted molar refractivity (Wildman–Crippen MR) is 58.8 cm³/mol. The van der Waals surface area contributed by atoms with Crippen LogP contribution < -0.4 is 0 Å². The molecule has 0 fully saturated rings. The molecule has 0 saturated heterocycles. The van der Waals surface area contributed by atoms with Crippen molar-refractivity contribution in [2.24, 2.45) is 0 Å². The fraction of sp³-hybridized carbons (Fsp3) is 0.111. The Kier molecular flexibility index (Phi) is 2.56. The first-order valence-electron chi connectivity index (χ1n) is 4.00. The quantitative estimate of drug-likeness (QED) is 0.799. The third-order valence-electron chi connectivity index (χ3n) is 1.77. The van der Waals surface area contributed by atoms with Crippen molar-refractivity contribution in [2.45, 2.75) is 6.92 Å². The summed E-state index contributed by atoms with van der Waals surface area (Å²) < 4.78 is 2.56. The first kappa shape index (κ1) is 9.68. The van der Waals surface area contributed by atoms with E-state index in [1.807, 2.05) is 25.1 Å². The molecule has 0 spiro atoms. The smallest absolute Gasteiger partial charge is 0.147 e. The number of aromatic nitrogens is 3. The van der Waals surface area contributed by atoms with Crippen LogP contribution in [0.2, 0.25) is 5.02 Å². The van der Waals surface area contributed by atoms with E-state index in [4.69, 9.17) is 11.6 Å². The zero-order valence-corrected chi connectivity index (χ0v) is 9.75. The summed E-state index contributed by atoms with van der Waals surface area (Å²) in [6.07, 6.45) is 1.67. The van der Waals surface area contributed by atoms with Crippen molar-refractivity contribution in [3.63, 3.8) is 0 Å². The van der Waals surface area contributed by atoms with Gasteiger partial charge in [-0.15, -0.1) is 0 Å². The van der Waals surface area contributed by atoms with E-state index in [0.717, 1.165) is 16.0 Å². The molecule has 2 aromatic rings. The van der Waals surface area contributed by atoms with Crippen LogP contribution >= 0.6 is 27.5 Å². The number of rotatable bonds is 1. The fourth-order valence-corrected chi connectivity index (χ4v) is 1.58. The second-order valence-electron chi connectivity index (χ2n) is 2.83. The van der Waals surface area contributed by atoms with Crippen molar-refractivity contribution in [1.82, 2.24) is 14.8 Å². The highest BCUT2D eigenvalue weighted by atomic mass is 79.9.